The second-order valence-corrected chi connectivity index (χ2v) is 10.2. The molecule has 1 fully saturated rings. The fourth-order valence-electron chi connectivity index (χ4n) is 4.43. The molecular weight excluding hydrogens is 527 g/mol. The SMILES string of the molecule is COC[C@H]1CN(C2=NC(=O)/C(=C/c3ccc4c(cnn4Cc4ccc(Cl)cc4C(F)(F)F)c3)S2)CCN1. The summed E-state index contributed by atoms with van der Waals surface area (Å²) in [6.07, 6.45) is -1.15. The number of carbonyl (C=O) groups excluding carboxylic acids is 1. The number of methoxy groups -OCH3 is 1. The molecule has 12 heteroatoms. The predicted molar refractivity (Wildman–Crippen MR) is 139 cm³/mol. The quantitative estimate of drug-likeness (QED) is 0.467. The molecule has 2 aliphatic rings. The van der Waals surface area contributed by atoms with Crippen molar-refractivity contribution >= 4 is 51.4 Å². The van der Waals surface area contributed by atoms with Gasteiger partial charge in [0.05, 0.1) is 35.3 Å². The Morgan fingerprint density at radius 3 is 2.89 bits per heavy atom. The molecule has 1 amide bonds. The number of rotatable bonds is 5. The van der Waals surface area contributed by atoms with Crippen molar-refractivity contribution in [3.63, 3.8) is 0 Å². The number of piperazine rings is 1. The average molecular weight is 550 g/mol. The third-order valence-corrected chi connectivity index (χ3v) is 7.44. The summed E-state index contributed by atoms with van der Waals surface area (Å²) >= 11 is 7.14. The van der Waals surface area contributed by atoms with Gasteiger partial charge in [0.25, 0.3) is 5.91 Å². The summed E-state index contributed by atoms with van der Waals surface area (Å²) in [6.45, 7) is 2.75. The van der Waals surface area contributed by atoms with Gasteiger partial charge in [-0.2, -0.15) is 23.3 Å². The van der Waals surface area contributed by atoms with E-state index in [9.17, 15) is 18.0 Å². The normalized spacial score (nSPS) is 19.8. The maximum Gasteiger partial charge on any atom is 0.416 e. The monoisotopic (exact) mass is 549 g/mol. The van der Waals surface area contributed by atoms with Crippen LogP contribution < -0.4 is 5.32 Å². The highest BCUT2D eigenvalue weighted by Gasteiger charge is 2.34. The molecule has 1 aromatic heterocycles. The van der Waals surface area contributed by atoms with Gasteiger partial charge in [-0.25, -0.2) is 0 Å². The van der Waals surface area contributed by atoms with Gasteiger partial charge in [0.15, 0.2) is 5.17 Å². The number of nitrogens with one attached hydrogen (secondary N) is 1. The van der Waals surface area contributed by atoms with E-state index in [1.54, 1.807) is 25.4 Å². The van der Waals surface area contributed by atoms with Gasteiger partial charge in [0.2, 0.25) is 0 Å². The van der Waals surface area contributed by atoms with Crippen LogP contribution in [-0.2, 0) is 22.3 Å². The maximum absolute atomic E-state index is 13.5. The van der Waals surface area contributed by atoms with E-state index in [-0.39, 0.29) is 29.1 Å². The molecule has 0 radical (unpaired) electrons. The molecular formula is C25H23ClF3N5O2S. The number of aliphatic imine (C=N–C) groups is 1. The number of benzene rings is 2. The number of nitrogens with zero attached hydrogens (tertiary/aromatic N) is 4. The van der Waals surface area contributed by atoms with Gasteiger partial charge in [-0.1, -0.05) is 23.7 Å². The summed E-state index contributed by atoms with van der Waals surface area (Å²) in [5, 5.41) is 9.13. The van der Waals surface area contributed by atoms with Crippen LogP contribution in [0.5, 0.6) is 0 Å². The first-order chi connectivity index (χ1) is 17.7. The van der Waals surface area contributed by atoms with Crippen LogP contribution in [0.3, 0.4) is 0 Å². The summed E-state index contributed by atoms with van der Waals surface area (Å²) in [6, 6.07) is 9.35. The number of amidine groups is 1. The Hall–Kier alpha value is -2.86. The van der Waals surface area contributed by atoms with Crippen molar-refractivity contribution < 1.29 is 22.7 Å². The van der Waals surface area contributed by atoms with Gasteiger partial charge in [0.1, 0.15) is 0 Å². The number of hydrogen-bond acceptors (Lipinski definition) is 6. The van der Waals surface area contributed by atoms with Crippen LogP contribution in [0.1, 0.15) is 16.7 Å². The number of hydrogen-bond donors (Lipinski definition) is 1. The Labute approximate surface area is 220 Å². The first-order valence-corrected chi connectivity index (χ1v) is 12.7. The largest absolute Gasteiger partial charge is 0.416 e. The number of carbonyl (C=O) groups is 1. The van der Waals surface area contributed by atoms with E-state index in [0.717, 1.165) is 30.1 Å². The van der Waals surface area contributed by atoms with Crippen LogP contribution in [0.4, 0.5) is 13.2 Å². The van der Waals surface area contributed by atoms with Crippen molar-refractivity contribution in [1.29, 1.82) is 0 Å². The number of aromatic nitrogens is 2. The fourth-order valence-corrected chi connectivity index (χ4v) is 5.55. The van der Waals surface area contributed by atoms with E-state index in [4.69, 9.17) is 16.3 Å². The summed E-state index contributed by atoms with van der Waals surface area (Å²) in [5.74, 6) is -0.292. The molecule has 1 N–H and O–H groups in total. The lowest BCUT2D eigenvalue weighted by molar-refractivity contribution is -0.138. The Morgan fingerprint density at radius 1 is 1.27 bits per heavy atom. The molecule has 1 atom stereocenters. The second kappa shape index (κ2) is 10.5. The molecule has 3 heterocycles. The Bertz CT molecular complexity index is 1400. The van der Waals surface area contributed by atoms with Gasteiger partial charge in [-0.3, -0.25) is 9.48 Å². The first kappa shape index (κ1) is 25.8. The molecule has 0 unspecified atom stereocenters. The Balaban J connectivity index is 1.33. The highest BCUT2D eigenvalue weighted by molar-refractivity contribution is 8.18. The van der Waals surface area contributed by atoms with E-state index in [2.05, 4.69) is 20.3 Å². The highest BCUT2D eigenvalue weighted by Crippen LogP contribution is 2.35. The topological polar surface area (TPSA) is 71.8 Å². The lowest BCUT2D eigenvalue weighted by Gasteiger charge is -2.34. The molecule has 7 nitrogen and oxygen atoms in total. The van der Waals surface area contributed by atoms with Gasteiger partial charge in [-0.15, -0.1) is 0 Å². The lowest BCUT2D eigenvalue weighted by atomic mass is 10.1. The van der Waals surface area contributed by atoms with Gasteiger partial charge in [-0.05, 0) is 53.2 Å². The van der Waals surface area contributed by atoms with Crippen LogP contribution in [0.15, 0.2) is 52.5 Å². The minimum atomic E-state index is -4.52. The number of alkyl halides is 3. The molecule has 0 aliphatic carbocycles. The van der Waals surface area contributed by atoms with Crippen LogP contribution in [0.25, 0.3) is 17.0 Å². The minimum absolute atomic E-state index is 0.0253. The minimum Gasteiger partial charge on any atom is -0.383 e. The Kier molecular flexibility index (Phi) is 7.30. The molecule has 2 aromatic carbocycles. The van der Waals surface area contributed by atoms with Crippen molar-refractivity contribution in [2.24, 2.45) is 4.99 Å². The molecule has 5 rings (SSSR count). The molecule has 0 bridgehead atoms. The van der Waals surface area contributed by atoms with E-state index < -0.39 is 11.7 Å². The third kappa shape index (κ3) is 5.69. The zero-order valence-corrected chi connectivity index (χ0v) is 21.3. The van der Waals surface area contributed by atoms with Gasteiger partial charge < -0.3 is 15.0 Å². The Morgan fingerprint density at radius 2 is 2.11 bits per heavy atom. The second-order valence-electron chi connectivity index (χ2n) is 8.78. The molecule has 37 heavy (non-hydrogen) atoms. The highest BCUT2D eigenvalue weighted by atomic mass is 35.5. The van der Waals surface area contributed by atoms with Crippen molar-refractivity contribution in [3.8, 4) is 0 Å². The van der Waals surface area contributed by atoms with Crippen molar-refractivity contribution in [2.75, 3.05) is 33.4 Å². The predicted octanol–water partition coefficient (Wildman–Crippen LogP) is 4.65. The summed E-state index contributed by atoms with van der Waals surface area (Å²) in [5.41, 5.74) is 0.749. The zero-order valence-electron chi connectivity index (χ0n) is 19.8. The average Bonchev–Trinajstić information content (AvgIpc) is 3.43. The first-order valence-electron chi connectivity index (χ1n) is 11.5. The molecule has 3 aromatic rings. The number of thioether (sulfide) groups is 1. The van der Waals surface area contributed by atoms with Crippen molar-refractivity contribution in [2.45, 2.75) is 18.8 Å². The number of amides is 1. The van der Waals surface area contributed by atoms with E-state index in [1.807, 2.05) is 12.1 Å². The molecule has 0 spiro atoms. The molecule has 2 aliphatic heterocycles. The number of halogens is 4. The van der Waals surface area contributed by atoms with E-state index >= 15 is 0 Å². The number of ether oxygens (including phenoxy) is 1. The van der Waals surface area contributed by atoms with Gasteiger partial charge >= 0.3 is 6.18 Å². The van der Waals surface area contributed by atoms with Crippen LogP contribution in [-0.4, -0.2) is 65.1 Å². The molecule has 0 saturated carbocycles. The van der Waals surface area contributed by atoms with Crippen molar-refractivity contribution in [3.05, 3.63) is 69.2 Å². The lowest BCUT2D eigenvalue weighted by Crippen LogP contribution is -2.53. The molecule has 1 saturated heterocycles. The summed E-state index contributed by atoms with van der Waals surface area (Å²) in [4.78, 5) is 19.4. The molecule has 194 valence electrons. The smallest absolute Gasteiger partial charge is 0.383 e. The standard InChI is InChI=1S/C25H23ClF3N5O2S/c1-36-14-19-13-33(7-6-30-19)24-32-23(35)22(37-24)9-15-2-5-21-17(8-15)11-31-34(21)12-16-3-4-18(26)10-20(16)25(27,28)29/h2-5,8-11,19,30H,6-7,12-14H2,1H3/b22-9-/t19-/m1/s1. The van der Waals surface area contributed by atoms with Crippen LogP contribution in [0.2, 0.25) is 5.02 Å². The van der Waals surface area contributed by atoms with E-state index in [0.29, 0.717) is 28.7 Å². The third-order valence-electron chi connectivity index (χ3n) is 6.16. The summed E-state index contributed by atoms with van der Waals surface area (Å²) in [7, 11) is 1.66. The van der Waals surface area contributed by atoms with E-state index in [1.165, 1.54) is 28.6 Å². The van der Waals surface area contributed by atoms with Crippen LogP contribution in [0, 0.1) is 0 Å². The fraction of sp³-hybridized carbons (Fsp3) is 0.320. The number of fused-ring (bicyclic) bond motifs is 1. The van der Waals surface area contributed by atoms with Gasteiger partial charge in [0, 0.05) is 43.2 Å². The van der Waals surface area contributed by atoms with Crippen LogP contribution >= 0.6 is 23.4 Å². The zero-order chi connectivity index (χ0) is 26.2. The summed E-state index contributed by atoms with van der Waals surface area (Å²) < 4.78 is 47.3. The van der Waals surface area contributed by atoms with Crippen molar-refractivity contribution in [1.82, 2.24) is 20.0 Å². The maximum atomic E-state index is 13.5.